The van der Waals surface area contributed by atoms with Gasteiger partial charge in [0.2, 0.25) is 0 Å². The van der Waals surface area contributed by atoms with E-state index in [1.807, 2.05) is 30.3 Å². The molecule has 3 aliphatic rings. The van der Waals surface area contributed by atoms with Gasteiger partial charge in [0.1, 0.15) is 0 Å². The van der Waals surface area contributed by atoms with E-state index >= 15 is 0 Å². The van der Waals surface area contributed by atoms with Crippen LogP contribution in [0.1, 0.15) is 42.5 Å². The van der Waals surface area contributed by atoms with Crippen LogP contribution >= 0.6 is 0 Å². The van der Waals surface area contributed by atoms with Crippen LogP contribution in [0.3, 0.4) is 0 Å². The zero-order chi connectivity index (χ0) is 13.6. The third kappa shape index (κ3) is 2.14. The highest BCUT2D eigenvalue weighted by atomic mass is 16.6. The van der Waals surface area contributed by atoms with Crippen molar-refractivity contribution in [1.29, 1.82) is 0 Å². The Morgan fingerprint density at radius 1 is 1.20 bits per heavy atom. The number of benzene rings is 1. The van der Waals surface area contributed by atoms with Gasteiger partial charge in [0.25, 0.3) is 5.91 Å². The predicted molar refractivity (Wildman–Crippen MR) is 76.5 cm³/mol. The molecule has 2 saturated heterocycles. The average molecular weight is 271 g/mol. The molecule has 3 nitrogen and oxygen atoms in total. The van der Waals surface area contributed by atoms with Crippen molar-refractivity contribution in [3.8, 4) is 0 Å². The number of ether oxygens (including phenoxy) is 1. The summed E-state index contributed by atoms with van der Waals surface area (Å²) in [5.41, 5.74) is 1.15. The van der Waals surface area contributed by atoms with E-state index in [1.54, 1.807) is 0 Å². The molecular formula is C17H21NO2. The Morgan fingerprint density at radius 3 is 2.85 bits per heavy atom. The number of nitrogens with zero attached hydrogens (tertiary/aromatic N) is 1. The van der Waals surface area contributed by atoms with Crippen molar-refractivity contribution in [3.05, 3.63) is 35.9 Å². The van der Waals surface area contributed by atoms with Gasteiger partial charge in [-0.2, -0.15) is 0 Å². The quantitative estimate of drug-likeness (QED) is 0.736. The van der Waals surface area contributed by atoms with E-state index in [-0.39, 0.29) is 5.91 Å². The van der Waals surface area contributed by atoms with E-state index in [4.69, 9.17) is 4.74 Å². The van der Waals surface area contributed by atoms with Crippen LogP contribution in [0.5, 0.6) is 0 Å². The van der Waals surface area contributed by atoms with Crippen LogP contribution in [-0.4, -0.2) is 36.1 Å². The maximum atomic E-state index is 12.6. The number of piperidine rings is 1. The second-order valence-electron chi connectivity index (χ2n) is 6.65. The Balaban J connectivity index is 1.50. The summed E-state index contributed by atoms with van der Waals surface area (Å²) in [5.74, 6) is 0.198. The van der Waals surface area contributed by atoms with Gasteiger partial charge < -0.3 is 9.64 Å². The SMILES string of the molecule is O=C(c1ccccc1)N1CCC[C@@]2(CC[C@H]3O[C@H]3C2)C1. The van der Waals surface area contributed by atoms with Gasteiger partial charge in [-0.25, -0.2) is 0 Å². The molecule has 1 aromatic carbocycles. The Bertz CT molecular complexity index is 515. The molecule has 0 radical (unpaired) electrons. The molecule has 3 heteroatoms. The molecule has 4 rings (SSSR count). The fraction of sp³-hybridized carbons (Fsp3) is 0.588. The van der Waals surface area contributed by atoms with Crippen molar-refractivity contribution in [2.24, 2.45) is 5.41 Å². The Labute approximate surface area is 119 Å². The van der Waals surface area contributed by atoms with Crippen molar-refractivity contribution in [2.45, 2.75) is 44.3 Å². The highest BCUT2D eigenvalue weighted by Gasteiger charge is 2.51. The Kier molecular flexibility index (Phi) is 2.84. The average Bonchev–Trinajstić information content (AvgIpc) is 3.25. The molecule has 1 aromatic rings. The van der Waals surface area contributed by atoms with Gasteiger partial charge in [0.05, 0.1) is 12.2 Å². The number of fused-ring (bicyclic) bond motifs is 1. The van der Waals surface area contributed by atoms with Gasteiger partial charge in [0.15, 0.2) is 0 Å². The summed E-state index contributed by atoms with van der Waals surface area (Å²) < 4.78 is 5.68. The molecular weight excluding hydrogens is 250 g/mol. The zero-order valence-electron chi connectivity index (χ0n) is 11.8. The number of hydrogen-bond acceptors (Lipinski definition) is 2. The summed E-state index contributed by atoms with van der Waals surface area (Å²) in [6.07, 6.45) is 7.02. The minimum atomic E-state index is 0.198. The lowest BCUT2D eigenvalue weighted by Crippen LogP contribution is -2.47. The van der Waals surface area contributed by atoms with E-state index < -0.39 is 0 Å². The van der Waals surface area contributed by atoms with Gasteiger partial charge in [-0.3, -0.25) is 4.79 Å². The molecule has 1 aliphatic carbocycles. The van der Waals surface area contributed by atoms with Crippen LogP contribution in [0.2, 0.25) is 0 Å². The summed E-state index contributed by atoms with van der Waals surface area (Å²) in [7, 11) is 0. The highest BCUT2D eigenvalue weighted by molar-refractivity contribution is 5.94. The number of carbonyl (C=O) groups excluding carboxylic acids is 1. The molecule has 106 valence electrons. The van der Waals surface area contributed by atoms with Crippen LogP contribution in [0.15, 0.2) is 30.3 Å². The van der Waals surface area contributed by atoms with Gasteiger partial charge in [-0.15, -0.1) is 0 Å². The van der Waals surface area contributed by atoms with E-state index in [0.717, 1.165) is 31.5 Å². The van der Waals surface area contributed by atoms with E-state index in [9.17, 15) is 4.79 Å². The van der Waals surface area contributed by atoms with Gasteiger partial charge in [0, 0.05) is 18.7 Å². The smallest absolute Gasteiger partial charge is 0.253 e. The molecule has 0 N–H and O–H groups in total. The summed E-state index contributed by atoms with van der Waals surface area (Å²) in [5, 5.41) is 0. The van der Waals surface area contributed by atoms with Crippen molar-refractivity contribution in [2.75, 3.05) is 13.1 Å². The van der Waals surface area contributed by atoms with Crippen molar-refractivity contribution < 1.29 is 9.53 Å². The molecule has 2 heterocycles. The van der Waals surface area contributed by atoms with Crippen LogP contribution in [0, 0.1) is 5.41 Å². The van der Waals surface area contributed by atoms with Crippen LogP contribution in [-0.2, 0) is 4.74 Å². The maximum Gasteiger partial charge on any atom is 0.253 e. The number of likely N-dealkylation sites (tertiary alicyclic amines) is 1. The van der Waals surface area contributed by atoms with Gasteiger partial charge in [-0.05, 0) is 49.7 Å². The molecule has 1 saturated carbocycles. The molecule has 1 amide bonds. The van der Waals surface area contributed by atoms with Crippen molar-refractivity contribution in [3.63, 3.8) is 0 Å². The molecule has 20 heavy (non-hydrogen) atoms. The lowest BCUT2D eigenvalue weighted by atomic mass is 9.69. The second kappa shape index (κ2) is 4.59. The third-order valence-electron chi connectivity index (χ3n) is 5.25. The first-order valence-electron chi connectivity index (χ1n) is 7.76. The zero-order valence-corrected chi connectivity index (χ0v) is 11.8. The fourth-order valence-corrected chi connectivity index (χ4v) is 4.11. The van der Waals surface area contributed by atoms with Gasteiger partial charge in [-0.1, -0.05) is 18.2 Å². The maximum absolute atomic E-state index is 12.6. The summed E-state index contributed by atoms with van der Waals surface area (Å²) in [4.78, 5) is 14.7. The van der Waals surface area contributed by atoms with Crippen LogP contribution < -0.4 is 0 Å². The first-order valence-corrected chi connectivity index (χ1v) is 7.76. The number of hydrogen-bond donors (Lipinski definition) is 0. The summed E-state index contributed by atoms with van der Waals surface area (Å²) in [6.45, 7) is 1.83. The molecule has 2 aliphatic heterocycles. The monoisotopic (exact) mass is 271 g/mol. The fourth-order valence-electron chi connectivity index (χ4n) is 4.11. The molecule has 0 aromatic heterocycles. The predicted octanol–water partition coefficient (Wildman–Crippen LogP) is 2.86. The van der Waals surface area contributed by atoms with Crippen LogP contribution in [0.25, 0.3) is 0 Å². The number of epoxide rings is 1. The number of amides is 1. The first-order chi connectivity index (χ1) is 9.76. The topological polar surface area (TPSA) is 32.8 Å². The van der Waals surface area contributed by atoms with E-state index in [2.05, 4.69) is 4.90 Å². The first kappa shape index (κ1) is 12.4. The number of carbonyl (C=O) groups is 1. The third-order valence-corrected chi connectivity index (χ3v) is 5.25. The Morgan fingerprint density at radius 2 is 2.05 bits per heavy atom. The highest BCUT2D eigenvalue weighted by Crippen LogP contribution is 2.50. The molecule has 3 atom stereocenters. The summed E-state index contributed by atoms with van der Waals surface area (Å²) in [6, 6.07) is 9.68. The van der Waals surface area contributed by atoms with Gasteiger partial charge >= 0.3 is 0 Å². The van der Waals surface area contributed by atoms with Crippen molar-refractivity contribution >= 4 is 5.91 Å². The molecule has 3 fully saturated rings. The minimum absolute atomic E-state index is 0.198. The lowest BCUT2D eigenvalue weighted by Gasteiger charge is -2.44. The van der Waals surface area contributed by atoms with Crippen molar-refractivity contribution in [1.82, 2.24) is 4.90 Å². The van der Waals surface area contributed by atoms with E-state index in [0.29, 0.717) is 17.6 Å². The Hall–Kier alpha value is -1.35. The standard InChI is InChI=1S/C17H21NO2/c19-16(13-5-2-1-3-6-13)18-10-4-8-17(12-18)9-7-14-15(11-17)20-14/h1-3,5-6,14-15H,4,7-12H2/t14-,15+,17+/m1/s1. The minimum Gasteiger partial charge on any atom is -0.370 e. The molecule has 0 bridgehead atoms. The molecule has 1 spiro atoms. The summed E-state index contributed by atoms with van der Waals surface area (Å²) >= 11 is 0. The largest absolute Gasteiger partial charge is 0.370 e. The lowest BCUT2D eigenvalue weighted by molar-refractivity contribution is 0.0412. The number of rotatable bonds is 1. The normalized spacial score (nSPS) is 35.7. The second-order valence-corrected chi connectivity index (χ2v) is 6.65. The van der Waals surface area contributed by atoms with Crippen LogP contribution in [0.4, 0.5) is 0 Å². The molecule has 0 unspecified atom stereocenters. The van der Waals surface area contributed by atoms with E-state index in [1.165, 1.54) is 19.3 Å².